The molecule has 1 heterocycles. The smallest absolute Gasteiger partial charge is 0.0998 e. The van der Waals surface area contributed by atoms with Crippen LogP contribution in [0, 0.1) is 0 Å². The third-order valence-corrected chi connectivity index (χ3v) is 1.14. The molecule has 0 fully saturated rings. The Morgan fingerprint density at radius 2 is 2.56 bits per heavy atom. The van der Waals surface area contributed by atoms with Crippen molar-refractivity contribution in [1.29, 1.82) is 0 Å². The van der Waals surface area contributed by atoms with Gasteiger partial charge in [0.2, 0.25) is 0 Å². The second-order valence-electron chi connectivity index (χ2n) is 1.77. The molecule has 0 aliphatic rings. The Kier molecular flexibility index (Phi) is 1.53. The van der Waals surface area contributed by atoms with Crippen LogP contribution in [0.25, 0.3) is 0 Å². The van der Waals surface area contributed by atoms with Gasteiger partial charge in [0.1, 0.15) is 0 Å². The van der Waals surface area contributed by atoms with Crippen molar-refractivity contribution in [2.24, 2.45) is 5.16 Å². The molecule has 0 saturated heterocycles. The Morgan fingerprint density at radius 3 is 3.00 bits per heavy atom. The molecule has 0 bridgehead atoms. The van der Waals surface area contributed by atoms with E-state index in [1.165, 1.54) is 0 Å². The van der Waals surface area contributed by atoms with E-state index in [-0.39, 0.29) is 0 Å². The maximum Gasteiger partial charge on any atom is 0.0998 e. The Balaban J connectivity index is 2.90. The fourth-order valence-corrected chi connectivity index (χ4v) is 0.609. The lowest BCUT2D eigenvalue weighted by molar-refractivity contribution is 0.319. The molecule has 3 nitrogen and oxygen atoms in total. The van der Waals surface area contributed by atoms with Crippen molar-refractivity contribution in [3.8, 4) is 0 Å². The topological polar surface area (TPSA) is 48.4 Å². The molecule has 0 saturated carbocycles. The van der Waals surface area contributed by atoms with Gasteiger partial charge in [0.25, 0.3) is 0 Å². The molecular formula is C6H8N2O. The van der Waals surface area contributed by atoms with E-state index in [1.54, 1.807) is 13.1 Å². The predicted molar refractivity (Wildman–Crippen MR) is 34.8 cm³/mol. The van der Waals surface area contributed by atoms with Crippen LogP contribution in [0.4, 0.5) is 0 Å². The molecule has 0 aliphatic carbocycles. The highest BCUT2D eigenvalue weighted by Crippen LogP contribution is 1.95. The largest absolute Gasteiger partial charge is 0.411 e. The summed E-state index contributed by atoms with van der Waals surface area (Å²) < 4.78 is 0. The predicted octanol–water partition coefficient (Wildman–Crippen LogP) is 1.21. The molecule has 0 atom stereocenters. The molecule has 0 unspecified atom stereocenters. The van der Waals surface area contributed by atoms with Crippen molar-refractivity contribution in [2.45, 2.75) is 6.92 Å². The average Bonchev–Trinajstić information content (AvgIpc) is 2.37. The molecule has 0 aromatic carbocycles. The van der Waals surface area contributed by atoms with Crippen LogP contribution in [-0.4, -0.2) is 15.9 Å². The number of H-pyrrole nitrogens is 1. The molecule has 9 heavy (non-hydrogen) atoms. The van der Waals surface area contributed by atoms with Gasteiger partial charge in [-0.3, -0.25) is 0 Å². The van der Waals surface area contributed by atoms with Gasteiger partial charge in [-0.25, -0.2) is 0 Å². The summed E-state index contributed by atoms with van der Waals surface area (Å²) in [5.74, 6) is 0. The van der Waals surface area contributed by atoms with Crippen molar-refractivity contribution in [3.05, 3.63) is 24.0 Å². The van der Waals surface area contributed by atoms with Gasteiger partial charge in [-0.15, -0.1) is 0 Å². The molecule has 48 valence electrons. The number of oxime groups is 1. The van der Waals surface area contributed by atoms with Crippen LogP contribution >= 0.6 is 0 Å². The van der Waals surface area contributed by atoms with Gasteiger partial charge in [0.05, 0.1) is 11.4 Å². The van der Waals surface area contributed by atoms with Gasteiger partial charge >= 0.3 is 0 Å². The maximum absolute atomic E-state index is 8.27. The number of hydrogen-bond acceptors (Lipinski definition) is 2. The summed E-state index contributed by atoms with van der Waals surface area (Å²) >= 11 is 0. The number of rotatable bonds is 1. The van der Waals surface area contributed by atoms with E-state index in [2.05, 4.69) is 10.1 Å². The zero-order valence-electron chi connectivity index (χ0n) is 5.13. The molecule has 3 heteroatoms. The van der Waals surface area contributed by atoms with Gasteiger partial charge in [0.15, 0.2) is 0 Å². The number of aromatic amines is 1. The first-order valence-electron chi connectivity index (χ1n) is 2.67. The summed E-state index contributed by atoms with van der Waals surface area (Å²) in [6, 6.07) is 3.69. The third kappa shape index (κ3) is 1.10. The third-order valence-electron chi connectivity index (χ3n) is 1.14. The monoisotopic (exact) mass is 124 g/mol. The molecule has 0 radical (unpaired) electrons. The molecular weight excluding hydrogens is 116 g/mol. The molecule has 1 rings (SSSR count). The standard InChI is InChI=1S/C6H8N2O/c1-5(8-9)6-3-2-4-7-6/h2-4,7,9H,1H3. The van der Waals surface area contributed by atoms with Crippen molar-refractivity contribution >= 4 is 5.71 Å². The van der Waals surface area contributed by atoms with Gasteiger partial charge in [-0.1, -0.05) is 5.16 Å². The highest BCUT2D eigenvalue weighted by molar-refractivity contribution is 5.96. The maximum atomic E-state index is 8.27. The Morgan fingerprint density at radius 1 is 1.78 bits per heavy atom. The van der Waals surface area contributed by atoms with Crippen LogP contribution in [0.1, 0.15) is 12.6 Å². The molecule has 1 aromatic rings. The summed E-state index contributed by atoms with van der Waals surface area (Å²) in [5.41, 5.74) is 1.44. The second kappa shape index (κ2) is 2.35. The van der Waals surface area contributed by atoms with Crippen LogP contribution < -0.4 is 0 Å². The fourth-order valence-electron chi connectivity index (χ4n) is 0.609. The van der Waals surface area contributed by atoms with Crippen molar-refractivity contribution < 1.29 is 5.21 Å². The fraction of sp³-hybridized carbons (Fsp3) is 0.167. The molecule has 2 N–H and O–H groups in total. The van der Waals surface area contributed by atoms with Crippen LogP contribution in [0.2, 0.25) is 0 Å². The summed E-state index contributed by atoms with van der Waals surface area (Å²) in [5, 5.41) is 11.3. The number of aromatic nitrogens is 1. The highest BCUT2D eigenvalue weighted by Gasteiger charge is 1.94. The first-order valence-corrected chi connectivity index (χ1v) is 2.67. The highest BCUT2D eigenvalue weighted by atomic mass is 16.4. The minimum absolute atomic E-state index is 0.597. The molecule has 1 aromatic heterocycles. The van der Waals surface area contributed by atoms with Crippen LogP contribution in [-0.2, 0) is 0 Å². The Hall–Kier alpha value is -1.25. The van der Waals surface area contributed by atoms with Crippen molar-refractivity contribution in [1.82, 2.24) is 4.98 Å². The molecule has 0 aliphatic heterocycles. The van der Waals surface area contributed by atoms with E-state index in [0.717, 1.165) is 5.69 Å². The van der Waals surface area contributed by atoms with Crippen molar-refractivity contribution in [3.63, 3.8) is 0 Å². The SMILES string of the molecule is CC(=NO)c1ccc[nH]1. The van der Waals surface area contributed by atoms with E-state index in [1.807, 2.05) is 12.1 Å². The Labute approximate surface area is 53.0 Å². The summed E-state index contributed by atoms with van der Waals surface area (Å²) in [6.07, 6.45) is 1.78. The van der Waals surface area contributed by atoms with Gasteiger partial charge in [0, 0.05) is 6.20 Å². The quantitative estimate of drug-likeness (QED) is 0.330. The van der Waals surface area contributed by atoms with E-state index >= 15 is 0 Å². The second-order valence-corrected chi connectivity index (χ2v) is 1.77. The average molecular weight is 124 g/mol. The van der Waals surface area contributed by atoms with Crippen LogP contribution in [0.3, 0.4) is 0 Å². The summed E-state index contributed by atoms with van der Waals surface area (Å²) in [6.45, 7) is 1.73. The van der Waals surface area contributed by atoms with Gasteiger partial charge < -0.3 is 10.2 Å². The summed E-state index contributed by atoms with van der Waals surface area (Å²) in [7, 11) is 0. The lowest BCUT2D eigenvalue weighted by atomic mass is 10.3. The van der Waals surface area contributed by atoms with E-state index in [9.17, 15) is 0 Å². The van der Waals surface area contributed by atoms with E-state index < -0.39 is 0 Å². The van der Waals surface area contributed by atoms with E-state index in [0.29, 0.717) is 5.71 Å². The number of hydrogen-bond donors (Lipinski definition) is 2. The number of nitrogens with one attached hydrogen (secondary N) is 1. The van der Waals surface area contributed by atoms with E-state index in [4.69, 9.17) is 5.21 Å². The normalized spacial score (nSPS) is 11.9. The lowest BCUT2D eigenvalue weighted by Gasteiger charge is -1.88. The summed E-state index contributed by atoms with van der Waals surface area (Å²) in [4.78, 5) is 2.90. The zero-order chi connectivity index (χ0) is 6.69. The Bertz CT molecular complexity index is 201. The minimum atomic E-state index is 0.597. The molecule has 0 amide bonds. The zero-order valence-corrected chi connectivity index (χ0v) is 5.13. The first kappa shape index (κ1) is 5.88. The van der Waals surface area contributed by atoms with Crippen molar-refractivity contribution in [2.75, 3.05) is 0 Å². The first-order chi connectivity index (χ1) is 4.34. The van der Waals surface area contributed by atoms with Crippen LogP contribution in [0.15, 0.2) is 23.5 Å². The number of nitrogens with zero attached hydrogens (tertiary/aromatic N) is 1. The molecule has 0 spiro atoms. The van der Waals surface area contributed by atoms with Gasteiger partial charge in [-0.2, -0.15) is 0 Å². The lowest BCUT2D eigenvalue weighted by Crippen LogP contribution is -1.92. The minimum Gasteiger partial charge on any atom is -0.411 e. The van der Waals surface area contributed by atoms with Crippen LogP contribution in [0.5, 0.6) is 0 Å². The van der Waals surface area contributed by atoms with Gasteiger partial charge in [-0.05, 0) is 19.1 Å².